The quantitative estimate of drug-likeness (QED) is 0.705. The molecule has 3 rings (SSSR count). The summed E-state index contributed by atoms with van der Waals surface area (Å²) < 4.78 is 79.3. The van der Waals surface area contributed by atoms with Crippen molar-refractivity contribution in [1.82, 2.24) is 5.32 Å². The summed E-state index contributed by atoms with van der Waals surface area (Å²) in [7, 11) is 0. The number of carbonyl (C=O) groups is 1. The predicted molar refractivity (Wildman–Crippen MR) is 77.6 cm³/mol. The van der Waals surface area contributed by atoms with E-state index in [4.69, 9.17) is 0 Å². The second kappa shape index (κ2) is 5.60. The highest BCUT2D eigenvalue weighted by atomic mass is 19.4. The van der Waals surface area contributed by atoms with Crippen molar-refractivity contribution in [2.45, 2.75) is 38.7 Å². The number of amides is 1. The maximum absolute atomic E-state index is 13.7. The van der Waals surface area contributed by atoms with E-state index in [1.54, 1.807) is 13.8 Å². The Bertz CT molecular complexity index is 688. The van der Waals surface area contributed by atoms with Crippen LogP contribution in [0.4, 0.5) is 26.3 Å². The molecule has 0 aromatic rings. The number of fused-ring (bicyclic) bond motifs is 2. The second-order valence-electron chi connectivity index (χ2n) is 6.83. The molecule has 0 bridgehead atoms. The van der Waals surface area contributed by atoms with Gasteiger partial charge in [-0.25, -0.2) is 0 Å². The standard InChI is InChI=1S/C16H16F6N2O/c1-6-7(2)11(5-15(17,18)19)24-14-8(6)3-10-9(4-12(25)23-10)13(14)16(20,21)22/h3-4,6-8,11,13H,5H2,1-2H3,(H,23,25)/t6?,7-,8?,11-,13?/m1/s1. The average Bonchev–Trinajstić information content (AvgIpc) is 2.79. The largest absolute Gasteiger partial charge is 0.400 e. The summed E-state index contributed by atoms with van der Waals surface area (Å²) in [6, 6.07) is -1.26. The summed E-state index contributed by atoms with van der Waals surface area (Å²) in [6.45, 7) is 3.20. The molecule has 0 aromatic carbocycles. The normalized spacial score (nSPS) is 35.3. The topological polar surface area (TPSA) is 41.5 Å². The minimum atomic E-state index is -4.74. The lowest BCUT2D eigenvalue weighted by atomic mass is 9.67. The fourth-order valence-electron chi connectivity index (χ4n) is 3.83. The molecule has 0 aromatic heterocycles. The van der Waals surface area contributed by atoms with Crippen LogP contribution in [0.3, 0.4) is 0 Å². The molecule has 2 heterocycles. The van der Waals surface area contributed by atoms with Gasteiger partial charge in [-0.2, -0.15) is 26.3 Å². The molecule has 0 radical (unpaired) electrons. The van der Waals surface area contributed by atoms with Gasteiger partial charge < -0.3 is 5.32 Å². The van der Waals surface area contributed by atoms with Crippen LogP contribution in [0.15, 0.2) is 28.4 Å². The molecule has 1 aliphatic carbocycles. The van der Waals surface area contributed by atoms with Crippen molar-refractivity contribution < 1.29 is 31.1 Å². The fourth-order valence-corrected chi connectivity index (χ4v) is 3.83. The van der Waals surface area contributed by atoms with E-state index in [1.807, 2.05) is 0 Å². The Morgan fingerprint density at radius 2 is 1.76 bits per heavy atom. The number of hydrogen-bond acceptors (Lipinski definition) is 2. The third-order valence-electron chi connectivity index (χ3n) is 5.24. The summed E-state index contributed by atoms with van der Waals surface area (Å²) in [5.74, 6) is -4.57. The summed E-state index contributed by atoms with van der Waals surface area (Å²) >= 11 is 0. The molecule has 5 atom stereocenters. The molecule has 3 aliphatic rings. The van der Waals surface area contributed by atoms with Gasteiger partial charge in [-0.15, -0.1) is 0 Å². The molecule has 9 heteroatoms. The first-order valence-electron chi connectivity index (χ1n) is 7.84. The van der Waals surface area contributed by atoms with Crippen molar-refractivity contribution in [3.05, 3.63) is 23.4 Å². The third-order valence-corrected chi connectivity index (χ3v) is 5.24. The smallest absolute Gasteiger partial charge is 0.322 e. The zero-order valence-corrected chi connectivity index (χ0v) is 13.4. The molecule has 1 N–H and O–H groups in total. The highest BCUT2D eigenvalue weighted by Crippen LogP contribution is 2.48. The van der Waals surface area contributed by atoms with Crippen LogP contribution in [0.2, 0.25) is 0 Å². The highest BCUT2D eigenvalue weighted by Gasteiger charge is 2.55. The van der Waals surface area contributed by atoms with E-state index in [-0.39, 0.29) is 17.0 Å². The van der Waals surface area contributed by atoms with Gasteiger partial charge in [0.05, 0.1) is 12.5 Å². The van der Waals surface area contributed by atoms with E-state index < -0.39 is 54.4 Å². The lowest BCUT2D eigenvalue weighted by Gasteiger charge is -2.43. The summed E-state index contributed by atoms with van der Waals surface area (Å²) in [5.41, 5.74) is -0.497. The monoisotopic (exact) mass is 366 g/mol. The van der Waals surface area contributed by atoms with Crippen LogP contribution < -0.4 is 5.32 Å². The number of nitrogens with zero attached hydrogens (tertiary/aromatic N) is 1. The van der Waals surface area contributed by atoms with Crippen molar-refractivity contribution in [2.75, 3.05) is 0 Å². The van der Waals surface area contributed by atoms with E-state index >= 15 is 0 Å². The predicted octanol–water partition coefficient (Wildman–Crippen LogP) is 3.78. The number of allylic oxidation sites excluding steroid dienone is 2. The highest BCUT2D eigenvalue weighted by molar-refractivity contribution is 6.03. The Morgan fingerprint density at radius 3 is 2.32 bits per heavy atom. The van der Waals surface area contributed by atoms with Crippen LogP contribution in [0.25, 0.3) is 0 Å². The van der Waals surface area contributed by atoms with E-state index in [1.165, 1.54) is 6.08 Å². The van der Waals surface area contributed by atoms with Crippen molar-refractivity contribution in [3.8, 4) is 0 Å². The molecule has 0 spiro atoms. The van der Waals surface area contributed by atoms with E-state index in [9.17, 15) is 31.1 Å². The SMILES string of the molecule is CC1C2C=C3NC(=O)C=C3C(C(F)(F)F)C2=N[C@H](CC(F)(F)F)[C@@H]1C. The van der Waals surface area contributed by atoms with E-state index in [2.05, 4.69) is 10.3 Å². The van der Waals surface area contributed by atoms with Crippen LogP contribution in [0.1, 0.15) is 20.3 Å². The number of rotatable bonds is 1. The fraction of sp³-hybridized carbons (Fsp3) is 0.625. The zero-order chi connectivity index (χ0) is 18.7. The first-order valence-corrected chi connectivity index (χ1v) is 7.84. The maximum Gasteiger partial charge on any atom is 0.400 e. The van der Waals surface area contributed by atoms with Gasteiger partial charge in [0.1, 0.15) is 5.92 Å². The first-order chi connectivity index (χ1) is 11.4. The summed E-state index contributed by atoms with van der Waals surface area (Å²) in [5, 5.41) is 2.37. The number of carbonyl (C=O) groups excluding carboxylic acids is 1. The molecule has 0 fully saturated rings. The molecule has 3 nitrogen and oxygen atoms in total. The van der Waals surface area contributed by atoms with Crippen LogP contribution in [0, 0.1) is 23.7 Å². The lowest BCUT2D eigenvalue weighted by molar-refractivity contribution is -0.148. The van der Waals surface area contributed by atoms with Crippen LogP contribution in [-0.4, -0.2) is 30.0 Å². The maximum atomic E-state index is 13.7. The Hall–Kier alpha value is -1.80. The van der Waals surface area contributed by atoms with Crippen LogP contribution >= 0.6 is 0 Å². The van der Waals surface area contributed by atoms with E-state index in [0.717, 1.165) is 6.08 Å². The van der Waals surface area contributed by atoms with Gasteiger partial charge in [0.25, 0.3) is 0 Å². The second-order valence-corrected chi connectivity index (χ2v) is 6.83. The van der Waals surface area contributed by atoms with Gasteiger partial charge in [-0.3, -0.25) is 9.79 Å². The summed E-state index contributed by atoms with van der Waals surface area (Å²) in [4.78, 5) is 15.4. The summed E-state index contributed by atoms with van der Waals surface area (Å²) in [6.07, 6.45) is -8.17. The Kier molecular flexibility index (Phi) is 4.04. The molecular weight excluding hydrogens is 350 g/mol. The van der Waals surface area contributed by atoms with Crippen molar-refractivity contribution in [3.63, 3.8) is 0 Å². The Balaban J connectivity index is 2.11. The molecule has 2 aliphatic heterocycles. The molecule has 0 saturated carbocycles. The van der Waals surface area contributed by atoms with Gasteiger partial charge in [-0.05, 0) is 17.4 Å². The van der Waals surface area contributed by atoms with Crippen molar-refractivity contribution >= 4 is 11.6 Å². The van der Waals surface area contributed by atoms with Gasteiger partial charge in [0.2, 0.25) is 5.91 Å². The Labute approximate surface area is 139 Å². The van der Waals surface area contributed by atoms with Crippen molar-refractivity contribution in [1.29, 1.82) is 0 Å². The van der Waals surface area contributed by atoms with Gasteiger partial charge in [-0.1, -0.05) is 19.9 Å². The third kappa shape index (κ3) is 3.20. The first kappa shape index (κ1) is 18.0. The number of aliphatic imine (C=N–C) groups is 1. The Morgan fingerprint density at radius 1 is 1.12 bits per heavy atom. The molecule has 138 valence electrons. The lowest BCUT2D eigenvalue weighted by Crippen LogP contribution is -2.48. The molecular formula is C16H16F6N2O. The average molecular weight is 366 g/mol. The minimum Gasteiger partial charge on any atom is -0.322 e. The number of halogens is 6. The minimum absolute atomic E-state index is 0.0876. The van der Waals surface area contributed by atoms with Crippen LogP contribution in [-0.2, 0) is 4.79 Å². The van der Waals surface area contributed by atoms with Gasteiger partial charge in [0, 0.05) is 23.4 Å². The number of hydrogen-bond donors (Lipinski definition) is 1. The van der Waals surface area contributed by atoms with E-state index in [0.29, 0.717) is 0 Å². The number of alkyl halides is 6. The van der Waals surface area contributed by atoms with Gasteiger partial charge >= 0.3 is 12.4 Å². The van der Waals surface area contributed by atoms with Crippen LogP contribution in [0.5, 0.6) is 0 Å². The number of nitrogens with one attached hydrogen (secondary N) is 1. The molecule has 1 amide bonds. The van der Waals surface area contributed by atoms with Gasteiger partial charge in [0.15, 0.2) is 0 Å². The molecule has 0 saturated heterocycles. The molecule has 25 heavy (non-hydrogen) atoms. The molecule has 3 unspecified atom stereocenters. The van der Waals surface area contributed by atoms with Crippen molar-refractivity contribution in [2.24, 2.45) is 28.7 Å². The zero-order valence-electron chi connectivity index (χ0n) is 13.4.